The van der Waals surface area contributed by atoms with Crippen molar-refractivity contribution in [3.05, 3.63) is 59.7 Å². The standard InChI is InChI=1S/C20H24N2O/c1-15(2)16-9-11-17(12-10-16)20(23)22-14-6-13-21(3)18-7-4-5-8-19(18)22/h4-5,7-12,15H,6,13-14H2,1-3H3. The van der Waals surface area contributed by atoms with E-state index in [4.69, 9.17) is 0 Å². The maximum Gasteiger partial charge on any atom is 0.258 e. The Hall–Kier alpha value is -2.29. The lowest BCUT2D eigenvalue weighted by molar-refractivity contribution is 0.0987. The van der Waals surface area contributed by atoms with Gasteiger partial charge in [-0.1, -0.05) is 38.1 Å². The fraction of sp³-hybridized carbons (Fsp3) is 0.350. The van der Waals surface area contributed by atoms with Gasteiger partial charge in [-0.2, -0.15) is 0 Å². The highest BCUT2D eigenvalue weighted by Gasteiger charge is 2.23. The molecule has 0 fully saturated rings. The van der Waals surface area contributed by atoms with Gasteiger partial charge in [0.2, 0.25) is 0 Å². The van der Waals surface area contributed by atoms with Crippen LogP contribution in [0.1, 0.15) is 42.1 Å². The summed E-state index contributed by atoms with van der Waals surface area (Å²) < 4.78 is 0. The molecule has 23 heavy (non-hydrogen) atoms. The second kappa shape index (κ2) is 6.45. The van der Waals surface area contributed by atoms with Crippen molar-refractivity contribution in [1.29, 1.82) is 0 Å². The van der Waals surface area contributed by atoms with Crippen molar-refractivity contribution in [2.45, 2.75) is 26.2 Å². The van der Waals surface area contributed by atoms with E-state index in [1.165, 1.54) is 5.56 Å². The summed E-state index contributed by atoms with van der Waals surface area (Å²) in [5, 5.41) is 0. The van der Waals surface area contributed by atoms with Crippen LogP contribution in [-0.2, 0) is 0 Å². The first kappa shape index (κ1) is 15.6. The van der Waals surface area contributed by atoms with Crippen molar-refractivity contribution in [3.8, 4) is 0 Å². The van der Waals surface area contributed by atoms with Crippen molar-refractivity contribution < 1.29 is 4.79 Å². The predicted octanol–water partition coefficient (Wildman–Crippen LogP) is 4.30. The minimum absolute atomic E-state index is 0.0862. The van der Waals surface area contributed by atoms with Crippen molar-refractivity contribution in [2.24, 2.45) is 0 Å². The van der Waals surface area contributed by atoms with Crippen LogP contribution in [0.15, 0.2) is 48.5 Å². The third-order valence-corrected chi connectivity index (χ3v) is 4.53. The Balaban J connectivity index is 1.94. The zero-order valence-corrected chi connectivity index (χ0v) is 14.1. The molecule has 0 aliphatic carbocycles. The zero-order chi connectivity index (χ0) is 16.4. The van der Waals surface area contributed by atoms with Crippen LogP contribution >= 0.6 is 0 Å². The summed E-state index contributed by atoms with van der Waals surface area (Å²) >= 11 is 0. The van der Waals surface area contributed by atoms with Crippen molar-refractivity contribution in [3.63, 3.8) is 0 Å². The van der Waals surface area contributed by atoms with Crippen LogP contribution in [0.25, 0.3) is 0 Å². The van der Waals surface area contributed by atoms with E-state index in [9.17, 15) is 4.79 Å². The Bertz CT molecular complexity index is 691. The van der Waals surface area contributed by atoms with Crippen molar-refractivity contribution >= 4 is 17.3 Å². The molecule has 0 unspecified atom stereocenters. The first-order chi connectivity index (χ1) is 11.1. The average molecular weight is 308 g/mol. The van der Waals surface area contributed by atoms with E-state index in [0.29, 0.717) is 5.92 Å². The molecule has 0 spiro atoms. The number of hydrogen-bond donors (Lipinski definition) is 0. The molecule has 1 aliphatic rings. The highest BCUT2D eigenvalue weighted by atomic mass is 16.2. The highest BCUT2D eigenvalue weighted by Crippen LogP contribution is 2.32. The van der Waals surface area contributed by atoms with Gasteiger partial charge in [-0.25, -0.2) is 0 Å². The van der Waals surface area contributed by atoms with Crippen molar-refractivity contribution in [1.82, 2.24) is 0 Å². The number of anilines is 2. The summed E-state index contributed by atoms with van der Waals surface area (Å²) in [5.74, 6) is 0.565. The normalized spacial score (nSPS) is 14.6. The lowest BCUT2D eigenvalue weighted by Gasteiger charge is -2.24. The lowest BCUT2D eigenvalue weighted by atomic mass is 10.0. The molecule has 0 bridgehead atoms. The average Bonchev–Trinajstić information content (AvgIpc) is 2.74. The molecule has 3 rings (SSSR count). The Kier molecular flexibility index (Phi) is 4.37. The van der Waals surface area contributed by atoms with Gasteiger partial charge in [0.1, 0.15) is 0 Å². The molecule has 0 N–H and O–H groups in total. The molecule has 2 aromatic rings. The monoisotopic (exact) mass is 308 g/mol. The van der Waals surface area contributed by atoms with Gasteiger partial charge in [0.05, 0.1) is 11.4 Å². The number of nitrogens with zero attached hydrogens (tertiary/aromatic N) is 2. The van der Waals surface area contributed by atoms with Gasteiger partial charge in [0.15, 0.2) is 0 Å². The third-order valence-electron chi connectivity index (χ3n) is 4.53. The number of para-hydroxylation sites is 2. The second-order valence-electron chi connectivity index (χ2n) is 6.50. The topological polar surface area (TPSA) is 23.6 Å². The van der Waals surface area contributed by atoms with Gasteiger partial charge < -0.3 is 9.80 Å². The SMILES string of the molecule is CC(C)c1ccc(C(=O)N2CCCN(C)c3ccccc32)cc1. The van der Waals surface area contributed by atoms with E-state index in [1.54, 1.807) is 0 Å². The van der Waals surface area contributed by atoms with E-state index < -0.39 is 0 Å². The van der Waals surface area contributed by atoms with Crippen LogP contribution in [0.4, 0.5) is 11.4 Å². The smallest absolute Gasteiger partial charge is 0.258 e. The molecular weight excluding hydrogens is 284 g/mol. The fourth-order valence-electron chi connectivity index (χ4n) is 3.10. The van der Waals surface area contributed by atoms with E-state index in [0.717, 1.165) is 36.4 Å². The summed E-state index contributed by atoms with van der Waals surface area (Å²) in [4.78, 5) is 17.2. The maximum atomic E-state index is 13.0. The summed E-state index contributed by atoms with van der Waals surface area (Å²) in [6, 6.07) is 16.2. The molecule has 120 valence electrons. The molecule has 0 saturated heterocycles. The summed E-state index contributed by atoms with van der Waals surface area (Å²) in [5.41, 5.74) is 4.15. The molecule has 1 heterocycles. The van der Waals surface area contributed by atoms with Gasteiger partial charge >= 0.3 is 0 Å². The molecule has 0 aromatic heterocycles. The van der Waals surface area contributed by atoms with Gasteiger partial charge in [0.25, 0.3) is 5.91 Å². The molecule has 1 aliphatic heterocycles. The Morgan fingerprint density at radius 1 is 0.957 bits per heavy atom. The van der Waals surface area contributed by atoms with Crippen molar-refractivity contribution in [2.75, 3.05) is 29.9 Å². The lowest BCUT2D eigenvalue weighted by Crippen LogP contribution is -2.31. The Labute approximate surface area is 138 Å². The number of fused-ring (bicyclic) bond motifs is 1. The first-order valence-electron chi connectivity index (χ1n) is 8.30. The molecule has 2 aromatic carbocycles. The fourth-order valence-corrected chi connectivity index (χ4v) is 3.10. The molecule has 1 amide bonds. The number of benzene rings is 2. The van der Waals surface area contributed by atoms with Crippen LogP contribution in [0.2, 0.25) is 0 Å². The van der Waals surface area contributed by atoms with Crippen LogP contribution in [0.3, 0.4) is 0 Å². The van der Waals surface area contributed by atoms with E-state index >= 15 is 0 Å². The maximum absolute atomic E-state index is 13.0. The zero-order valence-electron chi connectivity index (χ0n) is 14.1. The van der Waals surface area contributed by atoms with Gasteiger partial charge in [-0.05, 0) is 42.2 Å². The van der Waals surface area contributed by atoms with E-state index in [2.05, 4.69) is 44.0 Å². The Morgan fingerprint density at radius 2 is 1.61 bits per heavy atom. The third kappa shape index (κ3) is 3.09. The first-order valence-corrected chi connectivity index (χ1v) is 8.30. The number of hydrogen-bond acceptors (Lipinski definition) is 2. The number of amides is 1. The largest absolute Gasteiger partial charge is 0.373 e. The molecule has 3 nitrogen and oxygen atoms in total. The highest BCUT2D eigenvalue weighted by molar-refractivity contribution is 6.08. The minimum Gasteiger partial charge on any atom is -0.373 e. The molecule has 0 atom stereocenters. The Morgan fingerprint density at radius 3 is 2.26 bits per heavy atom. The number of rotatable bonds is 2. The van der Waals surface area contributed by atoms with Crippen LogP contribution in [-0.4, -0.2) is 26.0 Å². The minimum atomic E-state index is 0.0862. The van der Waals surface area contributed by atoms with Gasteiger partial charge in [-0.3, -0.25) is 4.79 Å². The molecule has 3 heteroatoms. The quantitative estimate of drug-likeness (QED) is 0.826. The number of carbonyl (C=O) groups is 1. The molecule has 0 radical (unpaired) electrons. The van der Waals surface area contributed by atoms with E-state index in [1.807, 2.05) is 35.2 Å². The van der Waals surface area contributed by atoms with Gasteiger partial charge in [0, 0.05) is 25.7 Å². The number of carbonyl (C=O) groups excluding carboxylic acids is 1. The predicted molar refractivity (Wildman–Crippen MR) is 96.5 cm³/mol. The summed E-state index contributed by atoms with van der Waals surface area (Å²) in [6.07, 6.45) is 0.973. The van der Waals surface area contributed by atoms with E-state index in [-0.39, 0.29) is 5.91 Å². The second-order valence-corrected chi connectivity index (χ2v) is 6.50. The molecule has 0 saturated carbocycles. The summed E-state index contributed by atoms with van der Waals surface area (Å²) in [7, 11) is 2.09. The van der Waals surface area contributed by atoms with Crippen LogP contribution in [0.5, 0.6) is 0 Å². The van der Waals surface area contributed by atoms with Crippen LogP contribution in [0, 0.1) is 0 Å². The molecular formula is C20H24N2O. The van der Waals surface area contributed by atoms with Gasteiger partial charge in [-0.15, -0.1) is 0 Å². The van der Waals surface area contributed by atoms with Crippen LogP contribution < -0.4 is 9.80 Å². The summed E-state index contributed by atoms with van der Waals surface area (Å²) in [6.45, 7) is 6.05.